The minimum absolute atomic E-state index is 0.339. The van der Waals surface area contributed by atoms with Gasteiger partial charge in [0.05, 0.1) is 0 Å². The number of anilines is 2. The number of nitrogens with two attached hydrogens (primary N) is 1. The maximum Gasteiger partial charge on any atom is 0.135 e. The van der Waals surface area contributed by atoms with Gasteiger partial charge in [0.2, 0.25) is 0 Å². The number of rotatable bonds is 4. The van der Waals surface area contributed by atoms with Crippen LogP contribution in [0.3, 0.4) is 0 Å². The minimum Gasteiger partial charge on any atom is -0.383 e. The second kappa shape index (κ2) is 5.23. The highest BCUT2D eigenvalue weighted by Gasteiger charge is 2.42. The molecule has 0 spiro atoms. The fourth-order valence-corrected chi connectivity index (χ4v) is 4.32. The van der Waals surface area contributed by atoms with Crippen molar-refractivity contribution in [1.29, 1.82) is 0 Å². The molecule has 110 valence electrons. The van der Waals surface area contributed by atoms with Crippen LogP contribution in [0.2, 0.25) is 0 Å². The second-order valence-corrected chi connectivity index (χ2v) is 6.95. The van der Waals surface area contributed by atoms with Gasteiger partial charge in [-0.3, -0.25) is 0 Å². The molecule has 1 aromatic rings. The van der Waals surface area contributed by atoms with E-state index in [-0.39, 0.29) is 0 Å². The summed E-state index contributed by atoms with van der Waals surface area (Å²) in [6.45, 7) is 6.58. The van der Waals surface area contributed by atoms with Crippen LogP contribution in [-0.2, 0) is 0 Å². The van der Waals surface area contributed by atoms with Crippen molar-refractivity contribution in [2.75, 3.05) is 11.1 Å². The largest absolute Gasteiger partial charge is 0.383 e. The van der Waals surface area contributed by atoms with E-state index in [1.807, 2.05) is 0 Å². The van der Waals surface area contributed by atoms with Gasteiger partial charge in [-0.05, 0) is 49.9 Å². The van der Waals surface area contributed by atoms with Crippen LogP contribution in [0.5, 0.6) is 0 Å². The Morgan fingerprint density at radius 3 is 2.60 bits per heavy atom. The summed E-state index contributed by atoms with van der Waals surface area (Å²) in [5.74, 6) is 4.58. The Labute approximate surface area is 121 Å². The van der Waals surface area contributed by atoms with Crippen molar-refractivity contribution in [3.63, 3.8) is 0 Å². The fourth-order valence-electron chi connectivity index (χ4n) is 4.32. The molecule has 4 unspecified atom stereocenters. The third-order valence-corrected chi connectivity index (χ3v) is 5.29. The molecule has 2 fully saturated rings. The van der Waals surface area contributed by atoms with E-state index < -0.39 is 0 Å². The van der Waals surface area contributed by atoms with Crippen LogP contribution in [0.4, 0.5) is 11.6 Å². The van der Waals surface area contributed by atoms with Crippen LogP contribution >= 0.6 is 0 Å². The molecule has 4 heteroatoms. The Morgan fingerprint density at radius 2 is 2.00 bits per heavy atom. The van der Waals surface area contributed by atoms with Crippen molar-refractivity contribution in [2.24, 2.45) is 17.8 Å². The Bertz CT molecular complexity index is 485. The predicted octanol–water partition coefficient (Wildman–Crippen LogP) is 3.42. The van der Waals surface area contributed by atoms with Crippen molar-refractivity contribution < 1.29 is 0 Å². The van der Waals surface area contributed by atoms with Gasteiger partial charge in [0, 0.05) is 11.6 Å². The zero-order valence-corrected chi connectivity index (χ0v) is 12.8. The first-order chi connectivity index (χ1) is 9.56. The topological polar surface area (TPSA) is 63.8 Å². The summed E-state index contributed by atoms with van der Waals surface area (Å²) in [5, 5.41) is 3.63. The van der Waals surface area contributed by atoms with Crippen LogP contribution in [0.1, 0.15) is 57.9 Å². The Hall–Kier alpha value is -1.32. The number of aromatic nitrogens is 2. The molecule has 20 heavy (non-hydrogen) atoms. The van der Waals surface area contributed by atoms with E-state index in [2.05, 4.69) is 36.1 Å². The van der Waals surface area contributed by atoms with E-state index in [1.165, 1.54) is 25.7 Å². The average Bonchev–Trinajstić information content (AvgIpc) is 3.00. The molecule has 1 heterocycles. The number of fused-ring (bicyclic) bond motifs is 2. The number of nitrogens with one attached hydrogen (secondary N) is 1. The van der Waals surface area contributed by atoms with E-state index in [9.17, 15) is 0 Å². The summed E-state index contributed by atoms with van der Waals surface area (Å²) in [4.78, 5) is 8.56. The first-order valence-electron chi connectivity index (χ1n) is 7.93. The normalized spacial score (nSPS) is 29.9. The number of hydrogen-bond donors (Lipinski definition) is 2. The van der Waals surface area contributed by atoms with Gasteiger partial charge in [0.15, 0.2) is 0 Å². The first-order valence-corrected chi connectivity index (χ1v) is 7.93. The zero-order chi connectivity index (χ0) is 14.3. The van der Waals surface area contributed by atoms with Crippen molar-refractivity contribution >= 4 is 11.6 Å². The van der Waals surface area contributed by atoms with Crippen LogP contribution in [-0.4, -0.2) is 16.0 Å². The lowest BCUT2D eigenvalue weighted by molar-refractivity contribution is 0.304. The molecule has 2 bridgehead atoms. The van der Waals surface area contributed by atoms with Gasteiger partial charge in [-0.25, -0.2) is 9.97 Å². The smallest absolute Gasteiger partial charge is 0.135 e. The molecule has 2 aliphatic carbocycles. The third kappa shape index (κ3) is 2.36. The molecule has 0 amide bonds. The molecule has 3 N–H and O–H groups in total. The SMILES string of the molecule is CC(C)c1c(N)ncnc1NC(C)C1CC2CCC1C2. The summed E-state index contributed by atoms with van der Waals surface area (Å²) in [7, 11) is 0. The van der Waals surface area contributed by atoms with Crippen LogP contribution < -0.4 is 11.1 Å². The molecule has 0 aliphatic heterocycles. The van der Waals surface area contributed by atoms with Gasteiger partial charge >= 0.3 is 0 Å². The van der Waals surface area contributed by atoms with Gasteiger partial charge in [0.25, 0.3) is 0 Å². The predicted molar refractivity (Wildman–Crippen MR) is 82.6 cm³/mol. The van der Waals surface area contributed by atoms with E-state index in [0.717, 1.165) is 29.1 Å². The summed E-state index contributed by atoms with van der Waals surface area (Å²) in [5.41, 5.74) is 7.08. The summed E-state index contributed by atoms with van der Waals surface area (Å²) < 4.78 is 0. The third-order valence-electron chi connectivity index (χ3n) is 5.29. The standard InChI is InChI=1S/C16H26N4/c1-9(2)14-15(17)18-8-19-16(14)20-10(3)13-7-11-4-5-12(13)6-11/h8-13H,4-7H2,1-3H3,(H3,17,18,19,20). The molecular weight excluding hydrogens is 248 g/mol. The van der Waals surface area contributed by atoms with E-state index in [1.54, 1.807) is 6.33 Å². The van der Waals surface area contributed by atoms with Crippen molar-refractivity contribution in [3.05, 3.63) is 11.9 Å². The van der Waals surface area contributed by atoms with E-state index in [4.69, 9.17) is 5.73 Å². The zero-order valence-electron chi connectivity index (χ0n) is 12.8. The van der Waals surface area contributed by atoms with Crippen molar-refractivity contribution in [2.45, 2.75) is 58.4 Å². The number of nitrogens with zero attached hydrogens (tertiary/aromatic N) is 2. The molecule has 2 saturated carbocycles. The molecule has 0 aromatic carbocycles. The molecule has 4 atom stereocenters. The van der Waals surface area contributed by atoms with Crippen molar-refractivity contribution in [3.8, 4) is 0 Å². The number of nitrogen functional groups attached to an aromatic ring is 1. The molecule has 1 aromatic heterocycles. The van der Waals surface area contributed by atoms with E-state index in [0.29, 0.717) is 17.8 Å². The highest BCUT2D eigenvalue weighted by atomic mass is 15.1. The fraction of sp³-hybridized carbons (Fsp3) is 0.750. The monoisotopic (exact) mass is 274 g/mol. The van der Waals surface area contributed by atoms with Gasteiger partial charge in [-0.2, -0.15) is 0 Å². The molecule has 4 nitrogen and oxygen atoms in total. The Kier molecular flexibility index (Phi) is 3.57. The van der Waals surface area contributed by atoms with Crippen molar-refractivity contribution in [1.82, 2.24) is 9.97 Å². The highest BCUT2D eigenvalue weighted by molar-refractivity contribution is 5.57. The molecular formula is C16H26N4. The molecule has 3 rings (SSSR count). The maximum absolute atomic E-state index is 6.02. The van der Waals surface area contributed by atoms with Gasteiger partial charge in [0.1, 0.15) is 18.0 Å². The van der Waals surface area contributed by atoms with Crippen LogP contribution in [0, 0.1) is 17.8 Å². The quantitative estimate of drug-likeness (QED) is 0.883. The number of hydrogen-bond acceptors (Lipinski definition) is 4. The van der Waals surface area contributed by atoms with Crippen LogP contribution in [0.15, 0.2) is 6.33 Å². The van der Waals surface area contributed by atoms with Gasteiger partial charge in [-0.15, -0.1) is 0 Å². The lowest BCUT2D eigenvalue weighted by Crippen LogP contribution is -2.31. The van der Waals surface area contributed by atoms with Crippen LogP contribution in [0.25, 0.3) is 0 Å². The summed E-state index contributed by atoms with van der Waals surface area (Å²) >= 11 is 0. The molecule has 0 saturated heterocycles. The maximum atomic E-state index is 6.02. The Morgan fingerprint density at radius 1 is 1.20 bits per heavy atom. The highest BCUT2D eigenvalue weighted by Crippen LogP contribution is 2.50. The van der Waals surface area contributed by atoms with E-state index >= 15 is 0 Å². The summed E-state index contributed by atoms with van der Waals surface area (Å²) in [6.07, 6.45) is 7.27. The van der Waals surface area contributed by atoms with Gasteiger partial charge in [-0.1, -0.05) is 20.3 Å². The second-order valence-electron chi connectivity index (χ2n) is 6.95. The summed E-state index contributed by atoms with van der Waals surface area (Å²) in [6, 6.07) is 0.470. The average molecular weight is 274 g/mol. The minimum atomic E-state index is 0.339. The first kappa shape index (κ1) is 13.7. The molecule has 2 aliphatic rings. The lowest BCUT2D eigenvalue weighted by Gasteiger charge is -2.29. The lowest BCUT2D eigenvalue weighted by atomic mass is 9.84. The Balaban J connectivity index is 1.76. The van der Waals surface area contributed by atoms with Gasteiger partial charge < -0.3 is 11.1 Å². The molecule has 0 radical (unpaired) electrons.